The Bertz CT molecular complexity index is 581. The van der Waals surface area contributed by atoms with E-state index in [0.717, 1.165) is 17.5 Å². The first-order valence-electron chi connectivity index (χ1n) is 6.36. The largest absolute Gasteiger partial charge is 0.352 e. The van der Waals surface area contributed by atoms with Crippen LogP contribution in [0.5, 0.6) is 0 Å². The average molecular weight is 308 g/mol. The van der Waals surface area contributed by atoms with Gasteiger partial charge in [-0.3, -0.25) is 4.79 Å². The molecule has 1 amide bonds. The smallest absolute Gasteiger partial charge is 0.251 e. The normalized spacial score (nSPS) is 10.3. The molecule has 20 heavy (non-hydrogen) atoms. The summed E-state index contributed by atoms with van der Waals surface area (Å²) in [5.74, 6) is 0.379. The Morgan fingerprint density at radius 3 is 2.45 bits per heavy atom. The van der Waals surface area contributed by atoms with Crippen LogP contribution in [0.15, 0.2) is 48.5 Å². The molecule has 0 aliphatic heterocycles. The van der Waals surface area contributed by atoms with Gasteiger partial charge >= 0.3 is 0 Å². The van der Waals surface area contributed by atoms with Crippen LogP contribution in [0.3, 0.4) is 0 Å². The summed E-state index contributed by atoms with van der Waals surface area (Å²) in [6.45, 7) is 0.580. The lowest BCUT2D eigenvalue weighted by Crippen LogP contribution is -2.25. The second-order valence-corrected chi connectivity index (χ2v) is 5.17. The summed E-state index contributed by atoms with van der Waals surface area (Å²) in [6, 6.07) is 14.9. The van der Waals surface area contributed by atoms with Crippen molar-refractivity contribution in [1.29, 1.82) is 0 Å². The van der Waals surface area contributed by atoms with Crippen molar-refractivity contribution in [2.75, 3.05) is 6.54 Å². The van der Waals surface area contributed by atoms with Gasteiger partial charge in [0.1, 0.15) is 0 Å². The summed E-state index contributed by atoms with van der Waals surface area (Å²) in [5, 5.41) is 3.60. The van der Waals surface area contributed by atoms with Gasteiger partial charge in [-0.15, -0.1) is 11.6 Å². The molecule has 0 spiro atoms. The van der Waals surface area contributed by atoms with Gasteiger partial charge in [-0.1, -0.05) is 35.9 Å². The van der Waals surface area contributed by atoms with Gasteiger partial charge in [0, 0.05) is 23.0 Å². The fourth-order valence-electron chi connectivity index (χ4n) is 1.86. The third kappa shape index (κ3) is 4.26. The van der Waals surface area contributed by atoms with Crippen molar-refractivity contribution in [3.05, 3.63) is 70.2 Å². The van der Waals surface area contributed by atoms with E-state index in [-0.39, 0.29) is 5.91 Å². The molecule has 104 valence electrons. The molecule has 0 aliphatic carbocycles. The Labute approximate surface area is 128 Å². The van der Waals surface area contributed by atoms with Crippen LogP contribution in [-0.2, 0) is 12.3 Å². The van der Waals surface area contributed by atoms with Crippen LogP contribution in [0.4, 0.5) is 0 Å². The number of carbonyl (C=O) groups excluding carboxylic acids is 1. The van der Waals surface area contributed by atoms with Crippen molar-refractivity contribution >= 4 is 29.1 Å². The highest BCUT2D eigenvalue weighted by atomic mass is 35.5. The number of halogens is 2. The number of alkyl halides is 1. The minimum atomic E-state index is -0.0758. The molecule has 0 saturated heterocycles. The molecule has 0 heterocycles. The van der Waals surface area contributed by atoms with Gasteiger partial charge in [0.2, 0.25) is 0 Å². The van der Waals surface area contributed by atoms with Crippen molar-refractivity contribution in [1.82, 2.24) is 5.32 Å². The van der Waals surface area contributed by atoms with E-state index in [1.54, 1.807) is 12.1 Å². The molecular weight excluding hydrogens is 293 g/mol. The molecule has 0 aliphatic rings. The molecule has 0 fully saturated rings. The number of carbonyl (C=O) groups is 1. The molecule has 0 atom stereocenters. The average Bonchev–Trinajstić information content (AvgIpc) is 2.47. The molecule has 1 N–H and O–H groups in total. The van der Waals surface area contributed by atoms with E-state index in [1.165, 1.54) is 0 Å². The molecular formula is C16H15Cl2NO. The van der Waals surface area contributed by atoms with Gasteiger partial charge in [-0.2, -0.15) is 0 Å². The van der Waals surface area contributed by atoms with E-state index in [4.69, 9.17) is 23.2 Å². The van der Waals surface area contributed by atoms with Gasteiger partial charge in [0.15, 0.2) is 0 Å². The molecule has 0 bridgehead atoms. The summed E-state index contributed by atoms with van der Waals surface area (Å²) < 4.78 is 0. The molecule has 0 aromatic heterocycles. The SMILES string of the molecule is O=C(NCCc1cccc(Cl)c1)c1ccc(CCl)cc1. The zero-order valence-electron chi connectivity index (χ0n) is 10.9. The standard InChI is InChI=1S/C16H15Cl2NO/c17-11-13-4-6-14(7-5-13)16(20)19-9-8-12-2-1-3-15(18)10-12/h1-7,10H,8-9,11H2,(H,19,20). The predicted molar refractivity (Wildman–Crippen MR) is 83.5 cm³/mol. The second-order valence-electron chi connectivity index (χ2n) is 4.47. The van der Waals surface area contributed by atoms with Crippen molar-refractivity contribution in [2.45, 2.75) is 12.3 Å². The third-order valence-corrected chi connectivity index (χ3v) is 3.50. The highest BCUT2D eigenvalue weighted by Crippen LogP contribution is 2.11. The van der Waals surface area contributed by atoms with E-state index in [9.17, 15) is 4.79 Å². The van der Waals surface area contributed by atoms with Crippen molar-refractivity contribution < 1.29 is 4.79 Å². The van der Waals surface area contributed by atoms with Gasteiger partial charge in [0.25, 0.3) is 5.91 Å². The van der Waals surface area contributed by atoms with Crippen LogP contribution in [0, 0.1) is 0 Å². The van der Waals surface area contributed by atoms with Crippen LogP contribution in [0.1, 0.15) is 21.5 Å². The maximum absolute atomic E-state index is 11.9. The Morgan fingerprint density at radius 1 is 1.05 bits per heavy atom. The van der Waals surface area contributed by atoms with Crippen molar-refractivity contribution in [2.24, 2.45) is 0 Å². The van der Waals surface area contributed by atoms with Crippen LogP contribution in [0.2, 0.25) is 5.02 Å². The quantitative estimate of drug-likeness (QED) is 0.830. The first-order chi connectivity index (χ1) is 9.69. The molecule has 0 unspecified atom stereocenters. The number of hydrogen-bond acceptors (Lipinski definition) is 1. The van der Waals surface area contributed by atoms with Gasteiger partial charge in [0.05, 0.1) is 0 Å². The van der Waals surface area contributed by atoms with Crippen LogP contribution < -0.4 is 5.32 Å². The molecule has 2 aromatic rings. The Morgan fingerprint density at radius 2 is 1.80 bits per heavy atom. The highest BCUT2D eigenvalue weighted by Gasteiger charge is 2.04. The van der Waals surface area contributed by atoms with Crippen LogP contribution >= 0.6 is 23.2 Å². The molecule has 2 rings (SSSR count). The summed E-state index contributed by atoms with van der Waals surface area (Å²) in [7, 11) is 0. The van der Waals surface area contributed by atoms with Gasteiger partial charge < -0.3 is 5.32 Å². The van der Waals surface area contributed by atoms with E-state index in [0.29, 0.717) is 23.0 Å². The topological polar surface area (TPSA) is 29.1 Å². The highest BCUT2D eigenvalue weighted by molar-refractivity contribution is 6.30. The number of benzene rings is 2. The van der Waals surface area contributed by atoms with Crippen LogP contribution in [-0.4, -0.2) is 12.5 Å². The van der Waals surface area contributed by atoms with Gasteiger partial charge in [-0.25, -0.2) is 0 Å². The van der Waals surface area contributed by atoms with Gasteiger partial charge in [-0.05, 0) is 41.8 Å². The summed E-state index contributed by atoms with van der Waals surface area (Å²) in [4.78, 5) is 11.9. The summed E-state index contributed by atoms with van der Waals surface area (Å²) in [5.41, 5.74) is 2.75. The monoisotopic (exact) mass is 307 g/mol. The third-order valence-electron chi connectivity index (χ3n) is 2.96. The predicted octanol–water partition coefficient (Wildman–Crippen LogP) is 4.05. The minimum Gasteiger partial charge on any atom is -0.352 e. The summed E-state index contributed by atoms with van der Waals surface area (Å²) >= 11 is 11.6. The van der Waals surface area contributed by atoms with E-state index in [2.05, 4.69) is 5.32 Å². The zero-order valence-corrected chi connectivity index (χ0v) is 12.4. The molecule has 0 radical (unpaired) electrons. The number of rotatable bonds is 5. The maximum Gasteiger partial charge on any atom is 0.251 e. The van der Waals surface area contributed by atoms with Crippen molar-refractivity contribution in [3.63, 3.8) is 0 Å². The second kappa shape index (κ2) is 7.32. The zero-order chi connectivity index (χ0) is 14.4. The van der Waals surface area contributed by atoms with E-state index >= 15 is 0 Å². The number of hydrogen-bond donors (Lipinski definition) is 1. The number of amides is 1. The first-order valence-corrected chi connectivity index (χ1v) is 7.28. The minimum absolute atomic E-state index is 0.0758. The maximum atomic E-state index is 11.9. The lowest BCUT2D eigenvalue weighted by Gasteiger charge is -2.06. The fourth-order valence-corrected chi connectivity index (χ4v) is 2.25. The van der Waals surface area contributed by atoms with Crippen LogP contribution in [0.25, 0.3) is 0 Å². The first kappa shape index (κ1) is 14.9. The van der Waals surface area contributed by atoms with E-state index in [1.807, 2.05) is 36.4 Å². The van der Waals surface area contributed by atoms with E-state index < -0.39 is 0 Å². The lowest BCUT2D eigenvalue weighted by molar-refractivity contribution is 0.0954. The molecule has 2 nitrogen and oxygen atoms in total. The molecule has 0 saturated carbocycles. The summed E-state index contributed by atoms with van der Waals surface area (Å²) in [6.07, 6.45) is 0.756. The Kier molecular flexibility index (Phi) is 5.45. The lowest BCUT2D eigenvalue weighted by atomic mass is 10.1. The fraction of sp³-hybridized carbons (Fsp3) is 0.188. The Hall–Kier alpha value is -1.51. The molecule has 4 heteroatoms. The Balaban J connectivity index is 1.85. The number of nitrogens with one attached hydrogen (secondary N) is 1. The van der Waals surface area contributed by atoms with Crippen molar-refractivity contribution in [3.8, 4) is 0 Å². The molecule has 2 aromatic carbocycles.